The summed E-state index contributed by atoms with van der Waals surface area (Å²) in [4.78, 5) is 33.1. The third-order valence-corrected chi connectivity index (χ3v) is 2.50. The van der Waals surface area contributed by atoms with Gasteiger partial charge in [0.25, 0.3) is 0 Å². The number of ether oxygens (including phenoxy) is 1. The second kappa shape index (κ2) is 5.51. The molecule has 0 saturated heterocycles. The van der Waals surface area contributed by atoms with E-state index in [0.717, 1.165) is 24.3 Å². The van der Waals surface area contributed by atoms with Crippen LogP contribution in [0.3, 0.4) is 0 Å². The number of alkyl halides is 3. The minimum absolute atomic E-state index is 0.0226. The fourth-order valence-corrected chi connectivity index (χ4v) is 1.64. The molecule has 0 spiro atoms. The lowest BCUT2D eigenvalue weighted by atomic mass is 10.2. The number of rotatable bonds is 3. The van der Waals surface area contributed by atoms with Gasteiger partial charge in [-0.1, -0.05) is 0 Å². The number of carbonyl (C=O) groups excluding carboxylic acids is 2. The Bertz CT molecular complexity index is 806. The van der Waals surface area contributed by atoms with Gasteiger partial charge in [-0.3, -0.25) is 4.79 Å². The fourth-order valence-electron chi connectivity index (χ4n) is 1.64. The lowest BCUT2D eigenvalue weighted by Crippen LogP contribution is -2.28. The Morgan fingerprint density at radius 2 is 1.91 bits per heavy atom. The van der Waals surface area contributed by atoms with E-state index in [9.17, 15) is 32.7 Å². The molecule has 1 aromatic carbocycles. The first kappa shape index (κ1) is 15.5. The van der Waals surface area contributed by atoms with E-state index in [0.29, 0.717) is 0 Å². The molecule has 0 N–H and O–H groups in total. The van der Waals surface area contributed by atoms with Crippen LogP contribution in [0.25, 0.3) is 11.0 Å². The van der Waals surface area contributed by atoms with E-state index in [1.165, 1.54) is 0 Å². The maximum absolute atomic E-state index is 12.0. The lowest BCUT2D eigenvalue weighted by Gasteiger charge is -2.08. The van der Waals surface area contributed by atoms with Crippen molar-refractivity contribution in [2.24, 2.45) is 0 Å². The van der Waals surface area contributed by atoms with Crippen LogP contribution in [0.5, 0.6) is 5.75 Å². The lowest BCUT2D eigenvalue weighted by molar-refractivity contribution is -0.255. The summed E-state index contributed by atoms with van der Waals surface area (Å²) in [6, 6.07) is 4.25. The SMILES string of the molecule is O=C(CC(F)(F)F)Oc1ccc2oc(=O)c(C(=O)[O-])cc2c1. The summed E-state index contributed by atoms with van der Waals surface area (Å²) in [6.07, 6.45) is -6.47. The molecule has 9 heteroatoms. The summed E-state index contributed by atoms with van der Waals surface area (Å²) in [7, 11) is 0. The largest absolute Gasteiger partial charge is 0.545 e. The Kier molecular flexibility index (Phi) is 3.89. The zero-order valence-corrected chi connectivity index (χ0v) is 10.6. The maximum Gasteiger partial charge on any atom is 0.399 e. The Morgan fingerprint density at radius 1 is 1.23 bits per heavy atom. The molecular formula is C13H6F3O6-. The molecule has 0 aliphatic heterocycles. The number of hydrogen-bond donors (Lipinski definition) is 0. The van der Waals surface area contributed by atoms with Crippen molar-refractivity contribution < 1.29 is 37.0 Å². The van der Waals surface area contributed by atoms with E-state index in [1.54, 1.807) is 0 Å². The smallest absolute Gasteiger partial charge is 0.399 e. The van der Waals surface area contributed by atoms with Crippen LogP contribution in [-0.2, 0) is 4.79 Å². The molecule has 6 nitrogen and oxygen atoms in total. The second-order valence-corrected chi connectivity index (χ2v) is 4.20. The number of benzene rings is 1. The Balaban J connectivity index is 2.34. The fraction of sp³-hybridized carbons (Fsp3) is 0.154. The van der Waals surface area contributed by atoms with Gasteiger partial charge in [0.15, 0.2) is 0 Å². The highest BCUT2D eigenvalue weighted by atomic mass is 19.4. The molecule has 0 bridgehead atoms. The number of hydrogen-bond acceptors (Lipinski definition) is 6. The molecule has 0 saturated carbocycles. The average Bonchev–Trinajstić information content (AvgIpc) is 2.35. The molecule has 0 aliphatic carbocycles. The Morgan fingerprint density at radius 3 is 2.50 bits per heavy atom. The van der Waals surface area contributed by atoms with Gasteiger partial charge in [-0.25, -0.2) is 4.79 Å². The predicted molar refractivity (Wildman–Crippen MR) is 63.1 cm³/mol. The van der Waals surface area contributed by atoms with E-state index >= 15 is 0 Å². The van der Waals surface area contributed by atoms with Gasteiger partial charge in [0, 0.05) is 5.39 Å². The summed E-state index contributed by atoms with van der Waals surface area (Å²) in [6.45, 7) is 0. The predicted octanol–water partition coefficient (Wildman–Crippen LogP) is 1.01. The minimum Gasteiger partial charge on any atom is -0.545 e. The highest BCUT2D eigenvalue weighted by molar-refractivity contribution is 5.90. The molecule has 0 amide bonds. The summed E-state index contributed by atoms with van der Waals surface area (Å²) in [5.74, 6) is -3.54. The number of carboxylic acids is 1. The molecule has 0 unspecified atom stereocenters. The molecule has 0 atom stereocenters. The van der Waals surface area contributed by atoms with Crippen molar-refractivity contribution in [2.75, 3.05) is 0 Å². The van der Waals surface area contributed by atoms with Crippen LogP contribution in [0.2, 0.25) is 0 Å². The molecule has 2 rings (SSSR count). The summed E-state index contributed by atoms with van der Waals surface area (Å²) >= 11 is 0. The summed E-state index contributed by atoms with van der Waals surface area (Å²) < 4.78 is 45.3. The summed E-state index contributed by atoms with van der Waals surface area (Å²) in [5.41, 5.74) is -1.91. The highest BCUT2D eigenvalue weighted by Gasteiger charge is 2.32. The molecule has 0 radical (unpaired) electrons. The third kappa shape index (κ3) is 3.62. The van der Waals surface area contributed by atoms with Gasteiger partial charge in [-0.2, -0.15) is 13.2 Å². The number of carboxylic acid groups (broad SMARTS) is 1. The van der Waals surface area contributed by atoms with Gasteiger partial charge >= 0.3 is 17.8 Å². The number of halogens is 3. The molecule has 1 heterocycles. The zero-order chi connectivity index (χ0) is 16.5. The van der Waals surface area contributed by atoms with Crippen LogP contribution in [-0.4, -0.2) is 18.1 Å². The maximum atomic E-state index is 12.0. The monoisotopic (exact) mass is 315 g/mol. The minimum atomic E-state index is -4.71. The van der Waals surface area contributed by atoms with Crippen molar-refractivity contribution in [3.05, 3.63) is 40.2 Å². The number of fused-ring (bicyclic) bond motifs is 1. The quantitative estimate of drug-likeness (QED) is 0.476. The van der Waals surface area contributed by atoms with Gasteiger partial charge in [-0.15, -0.1) is 0 Å². The highest BCUT2D eigenvalue weighted by Crippen LogP contribution is 2.24. The number of aromatic carboxylic acids is 1. The van der Waals surface area contributed by atoms with Crippen LogP contribution in [0.1, 0.15) is 16.8 Å². The van der Waals surface area contributed by atoms with E-state index in [2.05, 4.69) is 4.74 Å². The summed E-state index contributed by atoms with van der Waals surface area (Å²) in [5, 5.41) is 10.8. The van der Waals surface area contributed by atoms with Gasteiger partial charge in [0.05, 0.1) is 11.5 Å². The third-order valence-electron chi connectivity index (χ3n) is 2.50. The van der Waals surface area contributed by atoms with Gasteiger partial charge in [0.1, 0.15) is 17.8 Å². The van der Waals surface area contributed by atoms with Crippen LogP contribution in [0.15, 0.2) is 33.5 Å². The molecule has 2 aromatic rings. The van der Waals surface area contributed by atoms with Crippen molar-refractivity contribution in [3.8, 4) is 5.75 Å². The molecule has 116 valence electrons. The first-order valence-corrected chi connectivity index (χ1v) is 5.72. The number of esters is 1. The van der Waals surface area contributed by atoms with E-state index in [1.807, 2.05) is 0 Å². The van der Waals surface area contributed by atoms with E-state index in [-0.39, 0.29) is 16.7 Å². The Hall–Kier alpha value is -2.84. The van der Waals surface area contributed by atoms with Crippen molar-refractivity contribution in [1.82, 2.24) is 0 Å². The van der Waals surface area contributed by atoms with Gasteiger partial charge in [-0.05, 0) is 24.3 Å². The first-order valence-electron chi connectivity index (χ1n) is 5.72. The second-order valence-electron chi connectivity index (χ2n) is 4.20. The standard InChI is InChI=1S/C13H7F3O6/c14-13(15,16)5-10(17)21-7-1-2-9-6(3-7)4-8(11(18)19)12(20)22-9/h1-4H,5H2,(H,18,19)/p-1. The zero-order valence-electron chi connectivity index (χ0n) is 10.6. The molecular weight excluding hydrogens is 309 g/mol. The van der Waals surface area contributed by atoms with Crippen molar-refractivity contribution in [3.63, 3.8) is 0 Å². The average molecular weight is 315 g/mol. The Labute approximate surface area is 119 Å². The number of carbonyl (C=O) groups is 2. The van der Waals surface area contributed by atoms with Crippen LogP contribution in [0, 0.1) is 0 Å². The van der Waals surface area contributed by atoms with Gasteiger partial charge in [0.2, 0.25) is 0 Å². The van der Waals surface area contributed by atoms with Crippen molar-refractivity contribution in [1.29, 1.82) is 0 Å². The molecule has 0 aliphatic rings. The van der Waals surface area contributed by atoms with Crippen molar-refractivity contribution in [2.45, 2.75) is 12.6 Å². The van der Waals surface area contributed by atoms with E-state index in [4.69, 9.17) is 4.42 Å². The molecule has 1 aromatic heterocycles. The van der Waals surface area contributed by atoms with Gasteiger partial charge < -0.3 is 19.1 Å². The van der Waals surface area contributed by atoms with Crippen LogP contribution >= 0.6 is 0 Å². The topological polar surface area (TPSA) is 96.6 Å². The van der Waals surface area contributed by atoms with Crippen LogP contribution < -0.4 is 15.5 Å². The van der Waals surface area contributed by atoms with Crippen LogP contribution in [0.4, 0.5) is 13.2 Å². The first-order chi connectivity index (χ1) is 10.2. The molecule has 0 fully saturated rings. The van der Waals surface area contributed by atoms with Crippen molar-refractivity contribution >= 4 is 22.9 Å². The normalized spacial score (nSPS) is 11.4. The van der Waals surface area contributed by atoms with E-state index < -0.39 is 35.7 Å². The molecule has 22 heavy (non-hydrogen) atoms.